The Kier molecular flexibility index (Phi) is 13.1. The summed E-state index contributed by atoms with van der Waals surface area (Å²) in [6, 6.07) is 12.2. The number of carbonyl (C=O) groups is 4. The highest BCUT2D eigenvalue weighted by molar-refractivity contribution is 8.01. The molecule has 0 saturated heterocycles. The average molecular weight is 571 g/mol. The Hall–Kier alpha value is -3.40. The van der Waals surface area contributed by atoms with Gasteiger partial charge in [-0.3, -0.25) is 19.4 Å². The predicted octanol–water partition coefficient (Wildman–Crippen LogP) is 3.83. The van der Waals surface area contributed by atoms with Gasteiger partial charge in [0.25, 0.3) is 5.91 Å². The summed E-state index contributed by atoms with van der Waals surface area (Å²) in [5.74, 6) is -2.13. The molecule has 218 valence electrons. The van der Waals surface area contributed by atoms with Crippen molar-refractivity contribution in [3.63, 3.8) is 0 Å². The minimum atomic E-state index is -1.14. The molecule has 40 heavy (non-hydrogen) atoms. The van der Waals surface area contributed by atoms with Crippen LogP contribution < -0.4 is 16.0 Å². The molecule has 3 atom stereocenters. The zero-order chi connectivity index (χ0) is 29.7. The number of carboxylic acids is 1. The van der Waals surface area contributed by atoms with E-state index in [1.165, 1.54) is 11.8 Å². The molecule has 2 aromatic rings. The van der Waals surface area contributed by atoms with Crippen LogP contribution in [0.2, 0.25) is 0 Å². The van der Waals surface area contributed by atoms with Gasteiger partial charge in [-0.25, -0.2) is 4.79 Å². The second-order valence-corrected chi connectivity index (χ2v) is 13.1. The molecule has 4 N–H and O–H groups in total. The van der Waals surface area contributed by atoms with E-state index in [0.29, 0.717) is 31.5 Å². The third-order valence-electron chi connectivity index (χ3n) is 5.85. The number of rotatable bonds is 15. The second kappa shape index (κ2) is 16.0. The van der Waals surface area contributed by atoms with Gasteiger partial charge in [-0.15, -0.1) is 11.8 Å². The zero-order valence-corrected chi connectivity index (χ0v) is 24.8. The summed E-state index contributed by atoms with van der Waals surface area (Å²) in [6.07, 6.45) is 3.09. The number of nitrogens with zero attached hydrogens (tertiary/aromatic N) is 1. The van der Waals surface area contributed by atoms with E-state index in [1.54, 1.807) is 24.4 Å². The smallest absolute Gasteiger partial charge is 0.326 e. The summed E-state index contributed by atoms with van der Waals surface area (Å²) in [4.78, 5) is 54.9. The lowest BCUT2D eigenvalue weighted by atomic mass is 10.0. The predicted molar refractivity (Wildman–Crippen MR) is 158 cm³/mol. The van der Waals surface area contributed by atoms with Gasteiger partial charge >= 0.3 is 5.97 Å². The summed E-state index contributed by atoms with van der Waals surface area (Å²) in [6.45, 7) is 10.3. The third kappa shape index (κ3) is 12.2. The Morgan fingerprint density at radius 1 is 0.925 bits per heavy atom. The molecule has 0 aliphatic carbocycles. The van der Waals surface area contributed by atoms with E-state index in [0.717, 1.165) is 5.56 Å². The van der Waals surface area contributed by atoms with Crippen LogP contribution in [-0.2, 0) is 20.8 Å². The molecular weight excluding hydrogens is 528 g/mol. The molecule has 0 bridgehead atoms. The van der Waals surface area contributed by atoms with Gasteiger partial charge in [0, 0.05) is 23.9 Å². The number of pyridine rings is 1. The first-order valence-corrected chi connectivity index (χ1v) is 14.5. The first-order chi connectivity index (χ1) is 18.9. The molecule has 0 radical (unpaired) electrons. The summed E-state index contributed by atoms with van der Waals surface area (Å²) in [5, 5.41) is 17.6. The molecule has 1 aromatic carbocycles. The lowest BCUT2D eigenvalue weighted by Crippen LogP contribution is -2.54. The number of hydrogen-bond donors (Lipinski definition) is 4. The van der Waals surface area contributed by atoms with Crippen molar-refractivity contribution in [3.05, 3.63) is 66.0 Å². The molecule has 0 saturated carbocycles. The summed E-state index contributed by atoms with van der Waals surface area (Å²) >= 11 is 1.50. The Morgan fingerprint density at radius 2 is 1.57 bits per heavy atom. The van der Waals surface area contributed by atoms with Crippen molar-refractivity contribution in [2.24, 2.45) is 5.92 Å². The van der Waals surface area contributed by atoms with Crippen LogP contribution >= 0.6 is 11.8 Å². The highest BCUT2D eigenvalue weighted by Gasteiger charge is 2.31. The fourth-order valence-electron chi connectivity index (χ4n) is 4.04. The van der Waals surface area contributed by atoms with E-state index < -0.39 is 29.2 Å². The van der Waals surface area contributed by atoms with Crippen LogP contribution in [0.1, 0.15) is 69.9 Å². The number of benzene rings is 1. The van der Waals surface area contributed by atoms with Gasteiger partial charge in [0.2, 0.25) is 11.8 Å². The fraction of sp³-hybridized carbons (Fsp3) is 0.500. The molecule has 0 spiro atoms. The molecule has 1 heterocycles. The molecule has 0 fully saturated rings. The number of thioether (sulfide) groups is 1. The number of carboxylic acid groups (broad SMARTS) is 1. The molecule has 0 aliphatic heterocycles. The SMILES string of the molecule is CC(C)CC(NC(=O)C(CCCNC(=O)c1ccccn1)SC(C)(C)C)C(=O)N[C@@H](Cc1ccccc1)C(=O)O. The van der Waals surface area contributed by atoms with Crippen molar-refractivity contribution in [1.82, 2.24) is 20.9 Å². The Bertz CT molecular complexity index is 1110. The molecule has 9 nitrogen and oxygen atoms in total. The van der Waals surface area contributed by atoms with E-state index in [2.05, 4.69) is 20.9 Å². The van der Waals surface area contributed by atoms with E-state index in [1.807, 2.05) is 65.0 Å². The van der Waals surface area contributed by atoms with E-state index in [4.69, 9.17) is 0 Å². The van der Waals surface area contributed by atoms with Crippen LogP contribution in [0.15, 0.2) is 54.7 Å². The van der Waals surface area contributed by atoms with Gasteiger partial charge in [-0.1, -0.05) is 71.0 Å². The lowest BCUT2D eigenvalue weighted by molar-refractivity contribution is -0.142. The van der Waals surface area contributed by atoms with Crippen molar-refractivity contribution in [1.29, 1.82) is 0 Å². The van der Waals surface area contributed by atoms with Crippen LogP contribution in [-0.4, -0.2) is 62.4 Å². The first-order valence-electron chi connectivity index (χ1n) is 13.6. The number of aliphatic carboxylic acids is 1. The van der Waals surface area contributed by atoms with Crippen molar-refractivity contribution in [3.8, 4) is 0 Å². The van der Waals surface area contributed by atoms with Crippen molar-refractivity contribution < 1.29 is 24.3 Å². The minimum absolute atomic E-state index is 0.0870. The van der Waals surface area contributed by atoms with E-state index in [9.17, 15) is 24.3 Å². The van der Waals surface area contributed by atoms with Gasteiger partial charge in [0.1, 0.15) is 17.8 Å². The van der Waals surface area contributed by atoms with Gasteiger partial charge in [-0.2, -0.15) is 0 Å². The third-order valence-corrected chi connectivity index (χ3v) is 7.29. The van der Waals surface area contributed by atoms with E-state index in [-0.39, 0.29) is 28.9 Å². The fourth-order valence-corrected chi connectivity index (χ4v) is 5.35. The number of aromatic nitrogens is 1. The second-order valence-electron chi connectivity index (χ2n) is 11.1. The van der Waals surface area contributed by atoms with Crippen LogP contribution in [0.3, 0.4) is 0 Å². The molecule has 2 rings (SSSR count). The van der Waals surface area contributed by atoms with Gasteiger partial charge < -0.3 is 21.1 Å². The maximum Gasteiger partial charge on any atom is 0.326 e. The van der Waals surface area contributed by atoms with Crippen molar-refractivity contribution >= 4 is 35.5 Å². The summed E-state index contributed by atoms with van der Waals surface area (Å²) in [7, 11) is 0. The largest absolute Gasteiger partial charge is 0.480 e. The minimum Gasteiger partial charge on any atom is -0.480 e. The molecule has 1 aromatic heterocycles. The monoisotopic (exact) mass is 570 g/mol. The Balaban J connectivity index is 2.05. The maximum absolute atomic E-state index is 13.5. The van der Waals surface area contributed by atoms with Crippen LogP contribution in [0, 0.1) is 5.92 Å². The Labute approximate surface area is 241 Å². The highest BCUT2D eigenvalue weighted by Crippen LogP contribution is 2.31. The molecule has 10 heteroatoms. The van der Waals surface area contributed by atoms with Gasteiger partial charge in [0.05, 0.1) is 5.25 Å². The van der Waals surface area contributed by atoms with Crippen molar-refractivity contribution in [2.75, 3.05) is 6.54 Å². The summed E-state index contributed by atoms with van der Waals surface area (Å²) < 4.78 is -0.223. The lowest BCUT2D eigenvalue weighted by Gasteiger charge is -2.28. The average Bonchev–Trinajstić information content (AvgIpc) is 2.89. The zero-order valence-electron chi connectivity index (χ0n) is 24.0. The van der Waals surface area contributed by atoms with Crippen LogP contribution in [0.4, 0.5) is 0 Å². The van der Waals surface area contributed by atoms with Crippen molar-refractivity contribution in [2.45, 2.75) is 82.4 Å². The number of hydrogen-bond acceptors (Lipinski definition) is 6. The normalized spacial score (nSPS) is 13.7. The quantitative estimate of drug-likeness (QED) is 0.239. The summed E-state index contributed by atoms with van der Waals surface area (Å²) in [5.41, 5.74) is 1.12. The topological polar surface area (TPSA) is 137 Å². The van der Waals surface area contributed by atoms with Gasteiger partial charge in [-0.05, 0) is 42.9 Å². The molecule has 0 aliphatic rings. The number of nitrogens with one attached hydrogen (secondary N) is 3. The number of carbonyl (C=O) groups excluding carboxylic acids is 3. The van der Waals surface area contributed by atoms with Gasteiger partial charge in [0.15, 0.2) is 0 Å². The van der Waals surface area contributed by atoms with Crippen LogP contribution in [0.5, 0.6) is 0 Å². The molecule has 2 unspecified atom stereocenters. The highest BCUT2D eigenvalue weighted by atomic mass is 32.2. The number of amides is 3. The Morgan fingerprint density at radius 3 is 2.15 bits per heavy atom. The molecular formula is C30H42N4O5S. The van der Waals surface area contributed by atoms with E-state index >= 15 is 0 Å². The standard InChI is InChI=1S/C30H42N4O5S/c1-20(2)18-23(27(36)34-24(29(38)39)19-21-12-7-6-8-13-21)33-28(37)25(40-30(3,4)5)15-11-17-32-26(35)22-14-9-10-16-31-22/h6-10,12-14,16,20,23-25H,11,15,17-19H2,1-5H3,(H,32,35)(H,33,37)(H,34,36)(H,38,39)/t23?,24-,25?/m0/s1. The maximum atomic E-state index is 13.5. The van der Waals surface area contributed by atoms with Crippen LogP contribution in [0.25, 0.3) is 0 Å². The molecule has 3 amide bonds. The first kappa shape index (κ1) is 32.8.